The molecule has 1 aliphatic rings. The molecule has 0 bridgehead atoms. The van der Waals surface area contributed by atoms with E-state index in [9.17, 15) is 0 Å². The van der Waals surface area contributed by atoms with Gasteiger partial charge in [0.2, 0.25) is 0 Å². The molecule has 1 rings (SSSR count). The minimum Gasteiger partial charge on any atom is -0.409 e. The van der Waals surface area contributed by atoms with E-state index in [1.54, 1.807) is 0 Å². The molecule has 0 aromatic heterocycles. The highest BCUT2D eigenvalue weighted by Gasteiger charge is 2.34. The number of hydrogen-bond acceptors (Lipinski definition) is 3. The lowest BCUT2D eigenvalue weighted by Crippen LogP contribution is -2.36. The molecule has 0 aromatic rings. The van der Waals surface area contributed by atoms with E-state index >= 15 is 0 Å². The van der Waals surface area contributed by atoms with Crippen LogP contribution in [0.1, 0.15) is 33.1 Å². The van der Waals surface area contributed by atoms with E-state index in [-0.39, 0.29) is 0 Å². The third kappa shape index (κ3) is 3.70. The van der Waals surface area contributed by atoms with Crippen molar-refractivity contribution in [2.75, 3.05) is 13.6 Å². The molecule has 0 aliphatic heterocycles. The summed E-state index contributed by atoms with van der Waals surface area (Å²) in [6.45, 7) is 5.57. The van der Waals surface area contributed by atoms with Crippen LogP contribution in [0.2, 0.25) is 0 Å². The summed E-state index contributed by atoms with van der Waals surface area (Å²) in [5.74, 6) is 2.07. The largest absolute Gasteiger partial charge is 0.409 e. The molecule has 0 amide bonds. The van der Waals surface area contributed by atoms with Crippen molar-refractivity contribution in [3.05, 3.63) is 0 Å². The number of nitrogens with zero attached hydrogens (tertiary/aromatic N) is 2. The van der Waals surface area contributed by atoms with Crippen LogP contribution in [0.15, 0.2) is 5.16 Å². The summed E-state index contributed by atoms with van der Waals surface area (Å²) in [6, 6.07) is 0.397. The van der Waals surface area contributed by atoms with E-state index in [2.05, 4.69) is 31.0 Å². The van der Waals surface area contributed by atoms with E-state index < -0.39 is 0 Å². The minimum atomic E-state index is 0.331. The van der Waals surface area contributed by atoms with Gasteiger partial charge < -0.3 is 15.8 Å². The zero-order chi connectivity index (χ0) is 11.4. The Morgan fingerprint density at radius 3 is 2.67 bits per heavy atom. The highest BCUT2D eigenvalue weighted by molar-refractivity contribution is 5.80. The normalized spacial score (nSPS) is 28.1. The Kier molecular flexibility index (Phi) is 4.39. The third-order valence-electron chi connectivity index (χ3n) is 3.47. The van der Waals surface area contributed by atoms with E-state index in [1.165, 1.54) is 6.42 Å². The van der Waals surface area contributed by atoms with Crippen LogP contribution in [-0.2, 0) is 0 Å². The van der Waals surface area contributed by atoms with Gasteiger partial charge in [-0.05, 0) is 31.7 Å². The molecule has 3 unspecified atom stereocenters. The van der Waals surface area contributed by atoms with Crippen molar-refractivity contribution < 1.29 is 5.21 Å². The maximum Gasteiger partial charge on any atom is 0.140 e. The van der Waals surface area contributed by atoms with Gasteiger partial charge in [-0.3, -0.25) is 0 Å². The summed E-state index contributed by atoms with van der Waals surface area (Å²) in [4.78, 5) is 2.34. The van der Waals surface area contributed by atoms with Crippen molar-refractivity contribution in [1.29, 1.82) is 0 Å². The predicted molar refractivity (Wildman–Crippen MR) is 62.0 cm³/mol. The van der Waals surface area contributed by atoms with Gasteiger partial charge in [0.05, 0.1) is 0 Å². The smallest absolute Gasteiger partial charge is 0.140 e. The lowest BCUT2D eigenvalue weighted by molar-refractivity contribution is 0.226. The van der Waals surface area contributed by atoms with Gasteiger partial charge in [-0.15, -0.1) is 0 Å². The first-order valence-electron chi connectivity index (χ1n) is 5.75. The molecule has 4 nitrogen and oxygen atoms in total. The Morgan fingerprint density at radius 2 is 2.27 bits per heavy atom. The first-order valence-corrected chi connectivity index (χ1v) is 5.75. The monoisotopic (exact) mass is 213 g/mol. The molecule has 0 radical (unpaired) electrons. The Bertz CT molecular complexity index is 230. The van der Waals surface area contributed by atoms with Gasteiger partial charge >= 0.3 is 0 Å². The number of oxime groups is 1. The van der Waals surface area contributed by atoms with E-state index in [1.807, 2.05) is 0 Å². The topological polar surface area (TPSA) is 61.9 Å². The SMILES string of the molecule is CCC(CC(N)=NO)N(C)CC1CC1C. The Labute approximate surface area is 92.1 Å². The number of hydrogen-bond donors (Lipinski definition) is 2. The van der Waals surface area contributed by atoms with Crippen molar-refractivity contribution >= 4 is 5.84 Å². The van der Waals surface area contributed by atoms with E-state index in [4.69, 9.17) is 10.9 Å². The Hall–Kier alpha value is -0.770. The van der Waals surface area contributed by atoms with E-state index in [0.29, 0.717) is 18.3 Å². The first kappa shape index (κ1) is 12.3. The van der Waals surface area contributed by atoms with Crippen LogP contribution in [0, 0.1) is 11.8 Å². The van der Waals surface area contributed by atoms with Crippen molar-refractivity contribution in [3.63, 3.8) is 0 Å². The van der Waals surface area contributed by atoms with Crippen LogP contribution in [0.4, 0.5) is 0 Å². The second kappa shape index (κ2) is 5.35. The second-order valence-electron chi connectivity index (χ2n) is 4.77. The standard InChI is InChI=1S/C11H23N3O/c1-4-10(6-11(12)13-15)14(3)7-9-5-8(9)2/h8-10,15H,4-7H2,1-3H3,(H2,12,13). The van der Waals surface area contributed by atoms with Crippen molar-refractivity contribution in [2.24, 2.45) is 22.7 Å². The van der Waals surface area contributed by atoms with E-state index in [0.717, 1.165) is 24.8 Å². The van der Waals surface area contributed by atoms with Gasteiger partial charge in [-0.25, -0.2) is 0 Å². The molecular weight excluding hydrogens is 190 g/mol. The molecule has 1 saturated carbocycles. The Balaban J connectivity index is 2.35. The van der Waals surface area contributed by atoms with Crippen molar-refractivity contribution in [3.8, 4) is 0 Å². The highest BCUT2D eigenvalue weighted by Crippen LogP contribution is 2.38. The van der Waals surface area contributed by atoms with Crippen LogP contribution < -0.4 is 5.73 Å². The zero-order valence-corrected chi connectivity index (χ0v) is 9.98. The van der Waals surface area contributed by atoms with Gasteiger partial charge in [-0.1, -0.05) is 19.0 Å². The Morgan fingerprint density at radius 1 is 1.67 bits per heavy atom. The quantitative estimate of drug-likeness (QED) is 0.304. The van der Waals surface area contributed by atoms with Crippen LogP contribution in [0.3, 0.4) is 0 Å². The molecule has 15 heavy (non-hydrogen) atoms. The minimum absolute atomic E-state index is 0.331. The fourth-order valence-electron chi connectivity index (χ4n) is 2.07. The van der Waals surface area contributed by atoms with Gasteiger partial charge in [0, 0.05) is 19.0 Å². The van der Waals surface area contributed by atoms with Crippen LogP contribution in [-0.4, -0.2) is 35.6 Å². The predicted octanol–water partition coefficient (Wildman–Crippen LogP) is 1.49. The third-order valence-corrected chi connectivity index (χ3v) is 3.47. The lowest BCUT2D eigenvalue weighted by atomic mass is 10.1. The molecule has 0 spiro atoms. The van der Waals surface area contributed by atoms with Gasteiger partial charge in [0.15, 0.2) is 0 Å². The molecule has 3 N–H and O–H groups in total. The van der Waals surface area contributed by atoms with Gasteiger partial charge in [-0.2, -0.15) is 0 Å². The molecule has 0 heterocycles. The maximum absolute atomic E-state index is 8.54. The zero-order valence-electron chi connectivity index (χ0n) is 9.98. The van der Waals surface area contributed by atoms with Crippen LogP contribution in [0.5, 0.6) is 0 Å². The lowest BCUT2D eigenvalue weighted by Gasteiger charge is -2.26. The molecule has 88 valence electrons. The fourth-order valence-corrected chi connectivity index (χ4v) is 2.07. The molecule has 0 saturated heterocycles. The molecule has 1 fully saturated rings. The molecule has 1 aliphatic carbocycles. The summed E-state index contributed by atoms with van der Waals surface area (Å²) in [5.41, 5.74) is 5.53. The average molecular weight is 213 g/mol. The maximum atomic E-state index is 8.54. The van der Waals surface area contributed by atoms with Crippen LogP contribution in [0.25, 0.3) is 0 Å². The fraction of sp³-hybridized carbons (Fsp3) is 0.909. The number of rotatable bonds is 6. The summed E-state index contributed by atoms with van der Waals surface area (Å²) in [6.07, 6.45) is 3.04. The molecular formula is C11H23N3O. The van der Waals surface area contributed by atoms with Crippen molar-refractivity contribution in [1.82, 2.24) is 4.90 Å². The first-order chi connectivity index (χ1) is 7.08. The average Bonchev–Trinajstić information content (AvgIpc) is 2.89. The van der Waals surface area contributed by atoms with Crippen LogP contribution >= 0.6 is 0 Å². The summed E-state index contributed by atoms with van der Waals surface area (Å²) < 4.78 is 0. The number of nitrogens with two attached hydrogens (primary N) is 1. The van der Waals surface area contributed by atoms with Crippen molar-refractivity contribution in [2.45, 2.75) is 39.2 Å². The van der Waals surface area contributed by atoms with Gasteiger partial charge in [0.25, 0.3) is 0 Å². The molecule has 0 aromatic carbocycles. The molecule has 4 heteroatoms. The second-order valence-corrected chi connectivity index (χ2v) is 4.77. The number of amidine groups is 1. The summed E-state index contributed by atoms with van der Waals surface area (Å²) in [5, 5.41) is 11.6. The molecule has 3 atom stereocenters. The van der Waals surface area contributed by atoms with Gasteiger partial charge in [0.1, 0.15) is 5.84 Å². The summed E-state index contributed by atoms with van der Waals surface area (Å²) >= 11 is 0. The summed E-state index contributed by atoms with van der Waals surface area (Å²) in [7, 11) is 2.13. The highest BCUT2D eigenvalue weighted by atomic mass is 16.4.